The molecule has 5 nitrogen and oxygen atoms in total. The van der Waals surface area contributed by atoms with Crippen LogP contribution in [0.5, 0.6) is 5.75 Å². The number of piperidine rings is 2. The number of ether oxygens (including phenoxy) is 1. The first-order valence-electron chi connectivity index (χ1n) is 10.2. The molecule has 26 heavy (non-hydrogen) atoms. The van der Waals surface area contributed by atoms with Crippen LogP contribution in [-0.4, -0.2) is 67.4 Å². The maximum absolute atomic E-state index is 9.10. The number of likely N-dealkylation sites (tertiary alicyclic amines) is 2. The average molecular weight is 362 g/mol. The van der Waals surface area contributed by atoms with Crippen LogP contribution in [0.3, 0.4) is 0 Å². The molecule has 5 heteroatoms. The zero-order valence-electron chi connectivity index (χ0n) is 16.4. The molecule has 0 radical (unpaired) electrons. The second-order valence-electron chi connectivity index (χ2n) is 7.75. The van der Waals surface area contributed by atoms with E-state index >= 15 is 0 Å². The van der Waals surface area contributed by atoms with Crippen molar-refractivity contribution >= 4 is 5.69 Å². The Morgan fingerprint density at radius 1 is 1.12 bits per heavy atom. The Kier molecular flexibility index (Phi) is 6.79. The first-order valence-corrected chi connectivity index (χ1v) is 10.2. The van der Waals surface area contributed by atoms with Gasteiger partial charge in [-0.2, -0.15) is 0 Å². The van der Waals surface area contributed by atoms with Crippen LogP contribution in [0.1, 0.15) is 49.7 Å². The molecule has 3 rings (SSSR count). The molecule has 0 bridgehead atoms. The maximum Gasteiger partial charge on any atom is 0.142 e. The molecule has 0 unspecified atom stereocenters. The van der Waals surface area contributed by atoms with Gasteiger partial charge in [0.25, 0.3) is 0 Å². The minimum Gasteiger partial charge on any atom is -0.495 e. The Labute approximate surface area is 158 Å². The fourth-order valence-corrected chi connectivity index (χ4v) is 4.75. The van der Waals surface area contributed by atoms with E-state index in [2.05, 4.69) is 28.9 Å². The van der Waals surface area contributed by atoms with Gasteiger partial charge in [0.05, 0.1) is 19.4 Å². The standard InChI is InChI=1S/C21H35N3O2/c1-3-16-14-20(22)21(26-2)15-19(16)17-4-10-24(11-5-17)18-6-8-23(9-7-18)12-13-25/h14-15,17-18,25H,3-13,22H2,1-2H3. The number of nitrogen functional groups attached to an aromatic ring is 1. The third-order valence-corrected chi connectivity index (χ3v) is 6.33. The van der Waals surface area contributed by atoms with Gasteiger partial charge in [-0.1, -0.05) is 6.92 Å². The molecule has 0 atom stereocenters. The summed E-state index contributed by atoms with van der Waals surface area (Å²) in [4.78, 5) is 5.09. The molecule has 3 N–H and O–H groups in total. The molecular formula is C21H35N3O2. The number of methoxy groups -OCH3 is 1. The highest BCUT2D eigenvalue weighted by atomic mass is 16.5. The molecule has 2 aliphatic heterocycles. The van der Waals surface area contributed by atoms with Crippen LogP contribution in [0, 0.1) is 0 Å². The van der Waals surface area contributed by atoms with Crippen molar-refractivity contribution in [2.45, 2.75) is 51.0 Å². The zero-order valence-corrected chi connectivity index (χ0v) is 16.4. The first kappa shape index (κ1) is 19.5. The van der Waals surface area contributed by atoms with E-state index in [1.54, 1.807) is 7.11 Å². The monoisotopic (exact) mass is 361 g/mol. The number of nitrogens with zero attached hydrogens (tertiary/aromatic N) is 2. The van der Waals surface area contributed by atoms with Gasteiger partial charge in [-0.25, -0.2) is 0 Å². The van der Waals surface area contributed by atoms with Gasteiger partial charge in [-0.3, -0.25) is 0 Å². The SMILES string of the molecule is CCc1cc(N)c(OC)cc1C1CCN(C2CCN(CCO)CC2)CC1. The highest BCUT2D eigenvalue weighted by Gasteiger charge is 2.29. The molecule has 0 saturated carbocycles. The molecule has 1 aromatic carbocycles. The number of hydrogen-bond acceptors (Lipinski definition) is 5. The Balaban J connectivity index is 1.59. The minimum absolute atomic E-state index is 0.279. The van der Waals surface area contributed by atoms with Gasteiger partial charge < -0.3 is 25.4 Å². The van der Waals surface area contributed by atoms with E-state index < -0.39 is 0 Å². The number of aliphatic hydroxyl groups excluding tert-OH is 1. The third kappa shape index (κ3) is 4.33. The van der Waals surface area contributed by atoms with Crippen molar-refractivity contribution < 1.29 is 9.84 Å². The minimum atomic E-state index is 0.279. The summed E-state index contributed by atoms with van der Waals surface area (Å²) in [5.41, 5.74) is 9.67. The second-order valence-corrected chi connectivity index (χ2v) is 7.75. The van der Waals surface area contributed by atoms with E-state index in [0.717, 1.165) is 43.5 Å². The first-order chi connectivity index (χ1) is 12.7. The summed E-state index contributed by atoms with van der Waals surface area (Å²) in [6.07, 6.45) is 5.93. The smallest absolute Gasteiger partial charge is 0.142 e. The van der Waals surface area contributed by atoms with Crippen LogP contribution in [0.2, 0.25) is 0 Å². The summed E-state index contributed by atoms with van der Waals surface area (Å²) >= 11 is 0. The Bertz CT molecular complexity index is 577. The molecule has 1 aromatic rings. The molecule has 0 spiro atoms. The van der Waals surface area contributed by atoms with Crippen molar-refractivity contribution in [2.24, 2.45) is 0 Å². The third-order valence-electron chi connectivity index (χ3n) is 6.33. The van der Waals surface area contributed by atoms with E-state index in [1.165, 1.54) is 49.9 Å². The van der Waals surface area contributed by atoms with Crippen molar-refractivity contribution in [3.05, 3.63) is 23.3 Å². The van der Waals surface area contributed by atoms with Crippen LogP contribution < -0.4 is 10.5 Å². The van der Waals surface area contributed by atoms with Gasteiger partial charge >= 0.3 is 0 Å². The lowest BCUT2D eigenvalue weighted by molar-refractivity contribution is 0.0793. The fraction of sp³-hybridized carbons (Fsp3) is 0.714. The van der Waals surface area contributed by atoms with Gasteiger partial charge in [-0.05, 0) is 87.5 Å². The molecule has 2 heterocycles. The number of β-amino-alcohol motifs (C(OH)–C–C–N with tert-alkyl or cyclic N) is 1. The Morgan fingerprint density at radius 2 is 1.81 bits per heavy atom. The summed E-state index contributed by atoms with van der Waals surface area (Å²) in [7, 11) is 1.70. The van der Waals surface area contributed by atoms with Gasteiger partial charge in [0.1, 0.15) is 5.75 Å². The number of nitrogens with two attached hydrogens (primary N) is 1. The van der Waals surface area contributed by atoms with Gasteiger partial charge in [0, 0.05) is 12.6 Å². The van der Waals surface area contributed by atoms with Crippen molar-refractivity contribution in [1.29, 1.82) is 0 Å². The highest BCUT2D eigenvalue weighted by Crippen LogP contribution is 2.36. The number of anilines is 1. The molecule has 0 aromatic heterocycles. The van der Waals surface area contributed by atoms with Gasteiger partial charge in [0.15, 0.2) is 0 Å². The summed E-state index contributed by atoms with van der Waals surface area (Å²) in [5, 5.41) is 9.10. The van der Waals surface area contributed by atoms with Crippen LogP contribution in [-0.2, 0) is 6.42 Å². The number of aryl methyl sites for hydroxylation is 1. The Hall–Kier alpha value is -1.30. The summed E-state index contributed by atoms with van der Waals surface area (Å²) in [6.45, 7) is 7.94. The van der Waals surface area contributed by atoms with Crippen LogP contribution in [0.25, 0.3) is 0 Å². The van der Waals surface area contributed by atoms with Crippen LogP contribution in [0.4, 0.5) is 5.69 Å². The molecular weight excluding hydrogens is 326 g/mol. The normalized spacial score (nSPS) is 21.2. The second kappa shape index (κ2) is 9.07. The summed E-state index contributed by atoms with van der Waals surface area (Å²) in [6, 6.07) is 5.01. The summed E-state index contributed by atoms with van der Waals surface area (Å²) in [5.74, 6) is 1.43. The number of rotatable bonds is 6. The van der Waals surface area contributed by atoms with E-state index in [9.17, 15) is 0 Å². The lowest BCUT2D eigenvalue weighted by atomic mass is 9.84. The predicted molar refractivity (Wildman–Crippen MR) is 107 cm³/mol. The number of benzene rings is 1. The molecule has 2 aliphatic rings. The fourth-order valence-electron chi connectivity index (χ4n) is 4.75. The van der Waals surface area contributed by atoms with E-state index in [4.69, 9.17) is 15.6 Å². The van der Waals surface area contributed by atoms with Crippen molar-refractivity contribution in [3.8, 4) is 5.75 Å². The highest BCUT2D eigenvalue weighted by molar-refractivity contribution is 5.57. The van der Waals surface area contributed by atoms with Gasteiger partial charge in [0.2, 0.25) is 0 Å². The van der Waals surface area contributed by atoms with Crippen molar-refractivity contribution in [3.63, 3.8) is 0 Å². The van der Waals surface area contributed by atoms with Crippen molar-refractivity contribution in [1.82, 2.24) is 9.80 Å². The topological polar surface area (TPSA) is 62.0 Å². The largest absolute Gasteiger partial charge is 0.495 e. The lowest BCUT2D eigenvalue weighted by Gasteiger charge is -2.42. The van der Waals surface area contributed by atoms with E-state index in [0.29, 0.717) is 5.92 Å². The molecule has 2 saturated heterocycles. The van der Waals surface area contributed by atoms with Gasteiger partial charge in [-0.15, -0.1) is 0 Å². The maximum atomic E-state index is 9.10. The zero-order chi connectivity index (χ0) is 18.5. The summed E-state index contributed by atoms with van der Waals surface area (Å²) < 4.78 is 5.46. The Morgan fingerprint density at radius 3 is 2.38 bits per heavy atom. The van der Waals surface area contributed by atoms with E-state index in [1.807, 2.05) is 0 Å². The van der Waals surface area contributed by atoms with Crippen LogP contribution >= 0.6 is 0 Å². The molecule has 146 valence electrons. The lowest BCUT2D eigenvalue weighted by Crippen LogP contribution is -2.48. The average Bonchev–Trinajstić information content (AvgIpc) is 2.69. The number of aliphatic hydroxyl groups is 1. The van der Waals surface area contributed by atoms with Crippen molar-refractivity contribution in [2.75, 3.05) is 52.2 Å². The molecule has 0 amide bonds. The van der Waals surface area contributed by atoms with E-state index in [-0.39, 0.29) is 6.61 Å². The van der Waals surface area contributed by atoms with Crippen LogP contribution in [0.15, 0.2) is 12.1 Å². The molecule has 2 fully saturated rings. The molecule has 0 aliphatic carbocycles. The number of hydrogen-bond donors (Lipinski definition) is 2. The quantitative estimate of drug-likeness (QED) is 0.762. The predicted octanol–water partition coefficient (Wildman–Crippen LogP) is 2.48.